The van der Waals surface area contributed by atoms with Gasteiger partial charge >= 0.3 is 5.97 Å². The summed E-state index contributed by atoms with van der Waals surface area (Å²) in [7, 11) is 0. The molecule has 0 aliphatic carbocycles. The number of hydrogen-bond acceptors (Lipinski definition) is 4. The second kappa shape index (κ2) is 25.1. The van der Waals surface area contributed by atoms with E-state index in [1.54, 1.807) is 0 Å². The number of hydrogen-bond donors (Lipinski definition) is 1. The lowest BCUT2D eigenvalue weighted by Crippen LogP contribution is -2.26. The van der Waals surface area contributed by atoms with E-state index in [1.807, 2.05) is 0 Å². The molecule has 1 atom stereocenters. The second-order valence-electron chi connectivity index (χ2n) is 8.49. The number of carbonyl (C=O) groups is 1. The monoisotopic (exact) mass is 438 g/mol. The van der Waals surface area contributed by atoms with Crippen LogP contribution < -0.4 is 0 Å². The van der Waals surface area contributed by atoms with Crippen LogP contribution in [-0.4, -0.2) is 37.0 Å². The van der Waals surface area contributed by atoms with Gasteiger partial charge in [-0.25, -0.2) is 0 Å². The Morgan fingerprint density at radius 2 is 1.29 bits per heavy atom. The third-order valence-electron chi connectivity index (χ3n) is 5.33. The number of carbonyl (C=O) groups excluding carboxylic acids is 1. The zero-order chi connectivity index (χ0) is 22.8. The van der Waals surface area contributed by atoms with Gasteiger partial charge in [-0.2, -0.15) is 0 Å². The standard InChI is InChI=1S/C27H50O4/c1-3-4-5-6-7-8-9-10-11-12-13-14-15-16-17-18-19-20-21-22-23-30-25-27(24-28)31-26(2)29/h7-8,10-11,27-28H,3-6,9,12-25H2,1-2H3/b8-7-,11-10-. The van der Waals surface area contributed by atoms with Gasteiger partial charge in [-0.05, 0) is 38.5 Å². The molecule has 1 N–H and O–H groups in total. The summed E-state index contributed by atoms with van der Waals surface area (Å²) >= 11 is 0. The maximum atomic E-state index is 10.8. The number of esters is 1. The van der Waals surface area contributed by atoms with Crippen molar-refractivity contribution in [1.82, 2.24) is 0 Å². The van der Waals surface area contributed by atoms with E-state index in [0.29, 0.717) is 6.61 Å². The highest BCUT2D eigenvalue weighted by atomic mass is 16.6. The Kier molecular flexibility index (Phi) is 24.2. The van der Waals surface area contributed by atoms with E-state index < -0.39 is 6.10 Å². The quantitative estimate of drug-likeness (QED) is 0.103. The van der Waals surface area contributed by atoms with Crippen LogP contribution in [0.1, 0.15) is 117 Å². The third-order valence-corrected chi connectivity index (χ3v) is 5.33. The van der Waals surface area contributed by atoms with E-state index >= 15 is 0 Å². The van der Waals surface area contributed by atoms with Crippen molar-refractivity contribution in [2.24, 2.45) is 0 Å². The SMILES string of the molecule is CCCCC/C=C\C/C=C\CCCCCCCCCCCCOCC(CO)OC(C)=O. The van der Waals surface area contributed by atoms with E-state index in [9.17, 15) is 4.79 Å². The first-order chi connectivity index (χ1) is 15.2. The molecule has 4 heteroatoms. The van der Waals surface area contributed by atoms with Crippen LogP contribution in [0.2, 0.25) is 0 Å². The van der Waals surface area contributed by atoms with Gasteiger partial charge in [-0.15, -0.1) is 0 Å². The van der Waals surface area contributed by atoms with Gasteiger partial charge in [0.25, 0.3) is 0 Å². The molecule has 1 unspecified atom stereocenters. The molecule has 182 valence electrons. The second-order valence-corrected chi connectivity index (χ2v) is 8.49. The Labute approximate surface area is 192 Å². The number of aliphatic hydroxyl groups is 1. The fraction of sp³-hybridized carbons (Fsp3) is 0.815. The van der Waals surface area contributed by atoms with E-state index in [-0.39, 0.29) is 19.2 Å². The Morgan fingerprint density at radius 3 is 1.81 bits per heavy atom. The predicted molar refractivity (Wildman–Crippen MR) is 131 cm³/mol. The molecule has 0 aromatic carbocycles. The Balaban J connectivity index is 3.23. The first kappa shape index (κ1) is 29.9. The highest BCUT2D eigenvalue weighted by Crippen LogP contribution is 2.12. The normalized spacial score (nSPS) is 12.7. The van der Waals surface area contributed by atoms with E-state index in [1.165, 1.54) is 96.8 Å². The smallest absolute Gasteiger partial charge is 0.303 e. The molecule has 0 aromatic heterocycles. The summed E-state index contributed by atoms with van der Waals surface area (Å²) in [5.41, 5.74) is 0. The molecular formula is C27H50O4. The fourth-order valence-corrected chi connectivity index (χ4v) is 3.47. The van der Waals surface area contributed by atoms with Crippen LogP contribution in [0.3, 0.4) is 0 Å². The van der Waals surface area contributed by atoms with Crippen molar-refractivity contribution in [1.29, 1.82) is 0 Å². The molecular weight excluding hydrogens is 388 g/mol. The molecule has 0 aromatic rings. The van der Waals surface area contributed by atoms with Crippen molar-refractivity contribution in [3.05, 3.63) is 24.3 Å². The van der Waals surface area contributed by atoms with Crippen molar-refractivity contribution in [3.63, 3.8) is 0 Å². The summed E-state index contributed by atoms with van der Waals surface area (Å²) in [5, 5.41) is 9.08. The van der Waals surface area contributed by atoms with E-state index in [4.69, 9.17) is 14.6 Å². The molecule has 0 saturated carbocycles. The summed E-state index contributed by atoms with van der Waals surface area (Å²) in [6, 6.07) is 0. The van der Waals surface area contributed by atoms with Crippen LogP contribution in [0.25, 0.3) is 0 Å². The highest BCUT2D eigenvalue weighted by molar-refractivity contribution is 5.66. The molecule has 0 amide bonds. The highest BCUT2D eigenvalue weighted by Gasteiger charge is 2.10. The number of aliphatic hydroxyl groups excluding tert-OH is 1. The van der Waals surface area contributed by atoms with Gasteiger partial charge in [-0.3, -0.25) is 4.79 Å². The molecule has 0 bridgehead atoms. The minimum atomic E-state index is -0.532. The van der Waals surface area contributed by atoms with Crippen molar-refractivity contribution in [3.8, 4) is 0 Å². The summed E-state index contributed by atoms with van der Waals surface area (Å²) < 4.78 is 10.4. The molecule has 0 spiro atoms. The van der Waals surface area contributed by atoms with E-state index in [0.717, 1.165) is 12.8 Å². The first-order valence-corrected chi connectivity index (χ1v) is 12.9. The number of rotatable bonds is 23. The molecule has 0 heterocycles. The molecule has 0 fully saturated rings. The lowest BCUT2D eigenvalue weighted by molar-refractivity contribution is -0.152. The van der Waals surface area contributed by atoms with E-state index in [2.05, 4.69) is 31.2 Å². The van der Waals surface area contributed by atoms with Gasteiger partial charge in [0.2, 0.25) is 0 Å². The van der Waals surface area contributed by atoms with Gasteiger partial charge in [0, 0.05) is 13.5 Å². The molecule has 4 nitrogen and oxygen atoms in total. The zero-order valence-corrected chi connectivity index (χ0v) is 20.5. The molecule has 0 aliphatic rings. The number of unbranched alkanes of at least 4 members (excludes halogenated alkanes) is 13. The van der Waals surface area contributed by atoms with Crippen molar-refractivity contribution in [2.45, 2.75) is 123 Å². The summed E-state index contributed by atoms with van der Waals surface area (Å²) in [6.45, 7) is 4.36. The molecule has 0 saturated heterocycles. The van der Waals surface area contributed by atoms with Crippen molar-refractivity contribution < 1.29 is 19.4 Å². The minimum absolute atomic E-state index is 0.187. The average Bonchev–Trinajstić information content (AvgIpc) is 2.76. The molecule has 0 rings (SSSR count). The molecule has 0 aliphatic heterocycles. The van der Waals surface area contributed by atoms with Crippen LogP contribution >= 0.6 is 0 Å². The van der Waals surface area contributed by atoms with Gasteiger partial charge in [0.05, 0.1) is 13.2 Å². The van der Waals surface area contributed by atoms with Crippen molar-refractivity contribution >= 4 is 5.97 Å². The van der Waals surface area contributed by atoms with Gasteiger partial charge < -0.3 is 14.6 Å². The number of allylic oxidation sites excluding steroid dienone is 4. The minimum Gasteiger partial charge on any atom is -0.458 e. The third kappa shape index (κ3) is 25.0. The molecule has 31 heavy (non-hydrogen) atoms. The van der Waals surface area contributed by atoms with Crippen molar-refractivity contribution in [2.75, 3.05) is 19.8 Å². The maximum Gasteiger partial charge on any atom is 0.303 e. The largest absolute Gasteiger partial charge is 0.458 e. The van der Waals surface area contributed by atoms with Crippen LogP contribution in [0.15, 0.2) is 24.3 Å². The average molecular weight is 439 g/mol. The van der Waals surface area contributed by atoms with Crippen LogP contribution in [0.4, 0.5) is 0 Å². The van der Waals surface area contributed by atoms with Crippen LogP contribution in [-0.2, 0) is 14.3 Å². The Morgan fingerprint density at radius 1 is 0.774 bits per heavy atom. The lowest BCUT2D eigenvalue weighted by atomic mass is 10.1. The van der Waals surface area contributed by atoms with Crippen LogP contribution in [0, 0.1) is 0 Å². The maximum absolute atomic E-state index is 10.8. The van der Waals surface area contributed by atoms with Gasteiger partial charge in [0.1, 0.15) is 6.10 Å². The first-order valence-electron chi connectivity index (χ1n) is 12.9. The predicted octanol–water partition coefficient (Wildman–Crippen LogP) is 7.30. The van der Waals surface area contributed by atoms with Gasteiger partial charge in [-0.1, -0.05) is 95.4 Å². The lowest BCUT2D eigenvalue weighted by Gasteiger charge is -2.14. The summed E-state index contributed by atoms with van der Waals surface area (Å²) in [4.78, 5) is 10.8. The van der Waals surface area contributed by atoms with Crippen LogP contribution in [0.5, 0.6) is 0 Å². The Bertz CT molecular complexity index is 431. The topological polar surface area (TPSA) is 55.8 Å². The molecule has 0 radical (unpaired) electrons. The zero-order valence-electron chi connectivity index (χ0n) is 20.5. The van der Waals surface area contributed by atoms with Gasteiger partial charge in [0.15, 0.2) is 0 Å². The summed E-state index contributed by atoms with van der Waals surface area (Å²) in [6.07, 6.45) is 29.2. The number of ether oxygens (including phenoxy) is 2. The Hall–Kier alpha value is -1.13. The fourth-order valence-electron chi connectivity index (χ4n) is 3.47. The summed E-state index contributed by atoms with van der Waals surface area (Å²) in [5.74, 6) is -0.379.